The number of hydrogen-bond acceptors (Lipinski definition) is 5. The molecule has 0 fully saturated rings. The fraction of sp³-hybridized carbons (Fsp3) is 0.222. The summed E-state index contributed by atoms with van der Waals surface area (Å²) in [5, 5.41) is 13.0. The van der Waals surface area contributed by atoms with Gasteiger partial charge in [0.25, 0.3) is 0 Å². The number of halogens is 3. The van der Waals surface area contributed by atoms with E-state index in [0.717, 1.165) is 0 Å². The van der Waals surface area contributed by atoms with E-state index in [1.54, 1.807) is 6.92 Å². The molecule has 0 aliphatic carbocycles. The number of H-pyrrole nitrogens is 1. The minimum atomic E-state index is -3.92. The SMILES string of the molecule is CC(NS(=O)(=O)c1c(Cl)cc(Br)cc1Cl)c1nn[nH]n1. The normalized spacial score (nSPS) is 13.4. The highest BCUT2D eigenvalue weighted by molar-refractivity contribution is 9.10. The van der Waals surface area contributed by atoms with Gasteiger partial charge in [0.05, 0.1) is 16.1 Å². The fourth-order valence-electron chi connectivity index (χ4n) is 1.48. The first-order chi connectivity index (χ1) is 9.31. The summed E-state index contributed by atoms with van der Waals surface area (Å²) < 4.78 is 27.6. The van der Waals surface area contributed by atoms with Crippen LogP contribution in [0.15, 0.2) is 21.5 Å². The Balaban J connectivity index is 2.37. The number of aromatic amines is 1. The minimum absolute atomic E-state index is 0.0113. The summed E-state index contributed by atoms with van der Waals surface area (Å²) in [5.74, 6) is 0.206. The number of aromatic nitrogens is 4. The second kappa shape index (κ2) is 5.94. The van der Waals surface area contributed by atoms with E-state index in [0.29, 0.717) is 4.47 Å². The number of benzene rings is 1. The zero-order chi connectivity index (χ0) is 14.9. The monoisotopic (exact) mass is 399 g/mol. The molecular formula is C9H8BrCl2N5O2S. The first kappa shape index (κ1) is 15.6. The molecule has 0 amide bonds. The van der Waals surface area contributed by atoms with E-state index >= 15 is 0 Å². The van der Waals surface area contributed by atoms with Crippen molar-refractivity contribution in [3.63, 3.8) is 0 Å². The first-order valence-electron chi connectivity index (χ1n) is 5.21. The zero-order valence-corrected chi connectivity index (χ0v) is 13.8. The maximum Gasteiger partial charge on any atom is 0.244 e. The smallest absolute Gasteiger partial charge is 0.207 e. The molecule has 7 nitrogen and oxygen atoms in total. The van der Waals surface area contributed by atoms with Gasteiger partial charge in [0.1, 0.15) is 4.90 Å². The van der Waals surface area contributed by atoms with E-state index in [-0.39, 0.29) is 20.8 Å². The molecule has 1 atom stereocenters. The van der Waals surface area contributed by atoms with Crippen molar-refractivity contribution in [2.24, 2.45) is 0 Å². The Morgan fingerprint density at radius 2 is 1.95 bits per heavy atom. The first-order valence-corrected chi connectivity index (χ1v) is 8.24. The molecule has 0 saturated carbocycles. The van der Waals surface area contributed by atoms with E-state index in [9.17, 15) is 8.42 Å². The molecule has 0 radical (unpaired) electrons. The molecule has 1 unspecified atom stereocenters. The lowest BCUT2D eigenvalue weighted by Crippen LogP contribution is -2.28. The molecule has 0 aliphatic rings. The Bertz CT molecular complexity index is 699. The third-order valence-electron chi connectivity index (χ3n) is 2.31. The van der Waals surface area contributed by atoms with E-state index in [1.165, 1.54) is 12.1 Å². The third-order valence-corrected chi connectivity index (χ3v) is 5.23. The molecule has 1 heterocycles. The van der Waals surface area contributed by atoms with Gasteiger partial charge in [0, 0.05) is 4.47 Å². The number of rotatable bonds is 4. The van der Waals surface area contributed by atoms with Gasteiger partial charge in [0.15, 0.2) is 5.82 Å². The second-order valence-corrected chi connectivity index (χ2v) is 7.19. The molecule has 2 rings (SSSR count). The largest absolute Gasteiger partial charge is 0.244 e. The highest BCUT2D eigenvalue weighted by Gasteiger charge is 2.26. The van der Waals surface area contributed by atoms with Crippen LogP contribution in [0.4, 0.5) is 0 Å². The van der Waals surface area contributed by atoms with Gasteiger partial charge in [-0.15, -0.1) is 10.2 Å². The summed E-state index contributed by atoms with van der Waals surface area (Å²) in [7, 11) is -3.92. The van der Waals surface area contributed by atoms with Gasteiger partial charge < -0.3 is 0 Å². The predicted molar refractivity (Wildman–Crippen MR) is 77.1 cm³/mol. The van der Waals surface area contributed by atoms with Gasteiger partial charge in [-0.25, -0.2) is 13.1 Å². The van der Waals surface area contributed by atoms with Gasteiger partial charge >= 0.3 is 0 Å². The fourth-order valence-corrected chi connectivity index (χ4v) is 4.62. The molecule has 11 heteroatoms. The van der Waals surface area contributed by atoms with E-state index in [4.69, 9.17) is 23.2 Å². The van der Waals surface area contributed by atoms with Crippen LogP contribution in [-0.2, 0) is 10.0 Å². The maximum absolute atomic E-state index is 12.3. The Morgan fingerprint density at radius 3 is 2.45 bits per heavy atom. The highest BCUT2D eigenvalue weighted by Crippen LogP contribution is 2.33. The minimum Gasteiger partial charge on any atom is -0.207 e. The van der Waals surface area contributed by atoms with Crippen LogP contribution in [0.2, 0.25) is 10.0 Å². The lowest BCUT2D eigenvalue weighted by Gasteiger charge is -2.13. The van der Waals surface area contributed by atoms with Crippen LogP contribution in [-0.4, -0.2) is 29.0 Å². The van der Waals surface area contributed by atoms with Gasteiger partial charge in [-0.1, -0.05) is 44.3 Å². The van der Waals surface area contributed by atoms with Crippen molar-refractivity contribution >= 4 is 49.2 Å². The van der Waals surface area contributed by atoms with Crippen molar-refractivity contribution in [3.05, 3.63) is 32.5 Å². The molecule has 0 aliphatic heterocycles. The van der Waals surface area contributed by atoms with E-state index < -0.39 is 16.1 Å². The van der Waals surface area contributed by atoms with Crippen molar-refractivity contribution in [2.75, 3.05) is 0 Å². The van der Waals surface area contributed by atoms with Gasteiger partial charge in [-0.05, 0) is 19.1 Å². The number of hydrogen-bond donors (Lipinski definition) is 2. The van der Waals surface area contributed by atoms with Crippen LogP contribution in [0.25, 0.3) is 0 Å². The van der Waals surface area contributed by atoms with Crippen molar-refractivity contribution in [1.82, 2.24) is 25.3 Å². The molecule has 0 spiro atoms. The molecule has 2 N–H and O–H groups in total. The molecule has 108 valence electrons. The van der Waals surface area contributed by atoms with E-state index in [2.05, 4.69) is 41.3 Å². The molecule has 1 aromatic heterocycles. The summed E-state index contributed by atoms with van der Waals surface area (Å²) in [6.45, 7) is 1.57. The number of nitrogens with one attached hydrogen (secondary N) is 2. The Morgan fingerprint density at radius 1 is 1.35 bits per heavy atom. The third kappa shape index (κ3) is 3.29. The molecular weight excluding hydrogens is 393 g/mol. The molecule has 0 bridgehead atoms. The molecule has 0 saturated heterocycles. The van der Waals surface area contributed by atoms with Crippen LogP contribution in [0.5, 0.6) is 0 Å². The predicted octanol–water partition coefficient (Wildman–Crippen LogP) is 2.31. The van der Waals surface area contributed by atoms with Crippen LogP contribution in [0.3, 0.4) is 0 Å². The van der Waals surface area contributed by atoms with Crippen LogP contribution in [0, 0.1) is 0 Å². The van der Waals surface area contributed by atoms with Crippen molar-refractivity contribution in [2.45, 2.75) is 17.9 Å². The lowest BCUT2D eigenvalue weighted by atomic mass is 10.3. The number of tetrazole rings is 1. The molecule has 2 aromatic rings. The van der Waals surface area contributed by atoms with Crippen LogP contribution in [0.1, 0.15) is 18.8 Å². The summed E-state index contributed by atoms with van der Waals surface area (Å²) in [6, 6.07) is 2.21. The standard InChI is InChI=1S/C9H8BrCl2N5O2S/c1-4(9-13-16-17-14-9)15-20(18,19)8-6(11)2-5(10)3-7(8)12/h2-4,15H,1H3,(H,13,14,16,17). The van der Waals surface area contributed by atoms with Gasteiger partial charge in [-0.3, -0.25) is 0 Å². The number of nitrogens with zero attached hydrogens (tertiary/aromatic N) is 3. The van der Waals surface area contributed by atoms with Crippen molar-refractivity contribution < 1.29 is 8.42 Å². The second-order valence-electron chi connectivity index (χ2n) is 3.81. The maximum atomic E-state index is 12.3. The van der Waals surface area contributed by atoms with Crippen LogP contribution >= 0.6 is 39.1 Å². The lowest BCUT2D eigenvalue weighted by molar-refractivity contribution is 0.560. The topological polar surface area (TPSA) is 101 Å². The molecule has 20 heavy (non-hydrogen) atoms. The Labute approximate surface area is 133 Å². The van der Waals surface area contributed by atoms with E-state index in [1.807, 2.05) is 0 Å². The van der Waals surface area contributed by atoms with Crippen molar-refractivity contribution in [3.8, 4) is 0 Å². The highest BCUT2D eigenvalue weighted by atomic mass is 79.9. The summed E-state index contributed by atoms with van der Waals surface area (Å²) in [5.41, 5.74) is 0. The zero-order valence-electron chi connectivity index (χ0n) is 9.93. The average Bonchev–Trinajstić information content (AvgIpc) is 2.78. The Hall–Kier alpha value is -0.740. The Kier molecular flexibility index (Phi) is 4.65. The summed E-state index contributed by atoms with van der Waals surface area (Å²) in [4.78, 5) is -0.195. The van der Waals surface area contributed by atoms with Crippen LogP contribution < -0.4 is 4.72 Å². The number of sulfonamides is 1. The summed E-state index contributed by atoms with van der Waals surface area (Å²) in [6.07, 6.45) is 0. The summed E-state index contributed by atoms with van der Waals surface area (Å²) >= 11 is 15.1. The van der Waals surface area contributed by atoms with Crippen molar-refractivity contribution in [1.29, 1.82) is 0 Å². The quantitative estimate of drug-likeness (QED) is 0.819. The van der Waals surface area contributed by atoms with Gasteiger partial charge in [0.2, 0.25) is 10.0 Å². The van der Waals surface area contributed by atoms with Gasteiger partial charge in [-0.2, -0.15) is 5.21 Å². The average molecular weight is 401 g/mol. The molecule has 1 aromatic carbocycles.